The van der Waals surface area contributed by atoms with Gasteiger partial charge in [0.1, 0.15) is 0 Å². The molecule has 0 saturated carbocycles. The molecule has 150 valence electrons. The summed E-state index contributed by atoms with van der Waals surface area (Å²) in [5.74, 6) is 0. The molecule has 27 heavy (non-hydrogen) atoms. The van der Waals surface area contributed by atoms with Crippen LogP contribution in [-0.4, -0.2) is 28.4 Å². The third-order valence-electron chi connectivity index (χ3n) is 4.14. The van der Waals surface area contributed by atoms with E-state index in [1.807, 2.05) is 6.92 Å². The fourth-order valence-electron chi connectivity index (χ4n) is 2.73. The van der Waals surface area contributed by atoms with Crippen molar-refractivity contribution < 1.29 is 17.9 Å². The van der Waals surface area contributed by atoms with Crippen molar-refractivity contribution in [3.63, 3.8) is 0 Å². The lowest BCUT2D eigenvalue weighted by atomic mass is 9.96. The Morgan fingerprint density at radius 1 is 1.37 bits per heavy atom. The van der Waals surface area contributed by atoms with E-state index in [2.05, 4.69) is 9.82 Å². The van der Waals surface area contributed by atoms with E-state index < -0.39 is 39.8 Å². The molecular weight excluding hydrogens is 383 g/mol. The standard InChI is InChI=1S/C17H22F3N3O3S/c1-5-7-14(26-3)10-8-11-13(9-12(10)17(18,19)20)21-16(25)23(15(11)24)22-27(4)6-2/h6,8-9,14,22H,5,7H2,1-4H3,(H,21,25). The smallest absolute Gasteiger partial charge is 0.377 e. The first-order valence-electron chi connectivity index (χ1n) is 8.27. The van der Waals surface area contributed by atoms with Crippen LogP contribution in [0.1, 0.15) is 43.9 Å². The molecule has 0 spiro atoms. The van der Waals surface area contributed by atoms with Crippen molar-refractivity contribution >= 4 is 26.9 Å². The number of aromatic amines is 1. The fraction of sp³-hybridized carbons (Fsp3) is 0.471. The first-order valence-corrected chi connectivity index (χ1v) is 9.97. The molecule has 6 nitrogen and oxygen atoms in total. The normalized spacial score (nSPS) is 14.5. The lowest BCUT2D eigenvalue weighted by molar-refractivity contribution is -0.139. The van der Waals surface area contributed by atoms with Crippen LogP contribution in [0, 0.1) is 0 Å². The van der Waals surface area contributed by atoms with Gasteiger partial charge in [0.2, 0.25) is 0 Å². The maximum atomic E-state index is 13.6. The second kappa shape index (κ2) is 8.30. The van der Waals surface area contributed by atoms with Crippen LogP contribution in [0.2, 0.25) is 0 Å². The van der Waals surface area contributed by atoms with E-state index in [9.17, 15) is 22.8 Å². The highest BCUT2D eigenvalue weighted by Crippen LogP contribution is 2.38. The average Bonchev–Trinajstić information content (AvgIpc) is 2.61. The minimum atomic E-state index is -4.65. The van der Waals surface area contributed by atoms with Crippen molar-refractivity contribution in [2.75, 3.05) is 18.2 Å². The Morgan fingerprint density at radius 3 is 2.56 bits per heavy atom. The number of fused-ring (bicyclic) bond motifs is 1. The van der Waals surface area contributed by atoms with Crippen molar-refractivity contribution in [2.45, 2.75) is 39.0 Å². The molecule has 0 saturated heterocycles. The number of rotatable bonds is 6. The maximum Gasteiger partial charge on any atom is 0.416 e. The van der Waals surface area contributed by atoms with Gasteiger partial charge >= 0.3 is 11.9 Å². The van der Waals surface area contributed by atoms with E-state index in [0.717, 1.165) is 10.7 Å². The Balaban J connectivity index is 2.84. The predicted molar refractivity (Wildman–Crippen MR) is 103 cm³/mol. The number of halogens is 3. The van der Waals surface area contributed by atoms with Gasteiger partial charge in [0.15, 0.2) is 0 Å². The van der Waals surface area contributed by atoms with Crippen LogP contribution in [0.4, 0.5) is 13.2 Å². The lowest BCUT2D eigenvalue weighted by Crippen LogP contribution is -2.39. The number of alkyl halides is 3. The van der Waals surface area contributed by atoms with Gasteiger partial charge in [-0.15, -0.1) is 0 Å². The summed E-state index contributed by atoms with van der Waals surface area (Å²) >= 11 is 0. The molecule has 2 unspecified atom stereocenters. The summed E-state index contributed by atoms with van der Waals surface area (Å²) < 4.78 is 46.7. The number of nitrogens with zero attached hydrogens (tertiary/aromatic N) is 1. The monoisotopic (exact) mass is 405 g/mol. The zero-order valence-electron chi connectivity index (χ0n) is 15.4. The topological polar surface area (TPSA) is 76.1 Å². The number of ether oxygens (including phenoxy) is 1. The summed E-state index contributed by atoms with van der Waals surface area (Å²) in [7, 11) is 0.765. The van der Waals surface area contributed by atoms with Crippen molar-refractivity contribution in [1.29, 1.82) is 0 Å². The zero-order valence-corrected chi connectivity index (χ0v) is 16.3. The van der Waals surface area contributed by atoms with Gasteiger partial charge < -0.3 is 9.72 Å². The summed E-state index contributed by atoms with van der Waals surface area (Å²) in [5, 5.41) is 1.74. The molecule has 10 heteroatoms. The average molecular weight is 405 g/mol. The number of hydrogen-bond acceptors (Lipinski definition) is 4. The Labute approximate surface area is 156 Å². The van der Waals surface area contributed by atoms with Crippen LogP contribution in [0.3, 0.4) is 0 Å². The van der Waals surface area contributed by atoms with Crippen molar-refractivity contribution in [1.82, 2.24) is 9.66 Å². The van der Waals surface area contributed by atoms with Crippen LogP contribution in [0.5, 0.6) is 0 Å². The Hall–Kier alpha value is -2.07. The Morgan fingerprint density at radius 2 is 2.04 bits per heavy atom. The Kier molecular flexibility index (Phi) is 6.53. The van der Waals surface area contributed by atoms with Crippen molar-refractivity contribution in [2.24, 2.45) is 0 Å². The van der Waals surface area contributed by atoms with Gasteiger partial charge in [0.25, 0.3) is 5.56 Å². The second-order valence-electron chi connectivity index (χ2n) is 5.95. The molecule has 0 radical (unpaired) electrons. The van der Waals surface area contributed by atoms with Crippen LogP contribution in [0.25, 0.3) is 10.9 Å². The van der Waals surface area contributed by atoms with E-state index in [4.69, 9.17) is 4.74 Å². The van der Waals surface area contributed by atoms with Gasteiger partial charge in [-0.25, -0.2) is 4.79 Å². The summed E-state index contributed by atoms with van der Waals surface area (Å²) in [6.45, 7) is 3.59. The highest BCUT2D eigenvalue weighted by atomic mass is 32.2. The van der Waals surface area contributed by atoms with Gasteiger partial charge in [-0.2, -0.15) is 17.8 Å². The molecule has 0 bridgehead atoms. The number of benzene rings is 1. The second-order valence-corrected chi connectivity index (χ2v) is 7.72. The number of methoxy groups -OCH3 is 1. The fourth-order valence-corrected chi connectivity index (χ4v) is 3.29. The molecular formula is C17H22F3N3O3S. The summed E-state index contributed by atoms with van der Waals surface area (Å²) in [4.78, 5) is 30.0. The van der Waals surface area contributed by atoms with Crippen LogP contribution < -0.4 is 16.1 Å². The number of H-pyrrole nitrogens is 1. The van der Waals surface area contributed by atoms with Gasteiger partial charge in [-0.3, -0.25) is 9.63 Å². The summed E-state index contributed by atoms with van der Waals surface area (Å²) in [6, 6.07) is 1.97. The van der Waals surface area contributed by atoms with Gasteiger partial charge in [0, 0.05) is 7.11 Å². The highest BCUT2D eigenvalue weighted by Gasteiger charge is 2.36. The third kappa shape index (κ3) is 4.44. The van der Waals surface area contributed by atoms with E-state index >= 15 is 0 Å². The molecule has 1 aromatic carbocycles. The van der Waals surface area contributed by atoms with Crippen molar-refractivity contribution in [3.05, 3.63) is 44.1 Å². The minimum absolute atomic E-state index is 0.0173. The first-order chi connectivity index (χ1) is 12.6. The van der Waals surface area contributed by atoms with E-state index in [0.29, 0.717) is 12.8 Å². The molecule has 0 aliphatic rings. The SMILES string of the molecule is C/C=S(\C)Nn1c(=O)[nH]c2cc(C(F)(F)F)c(C(CCC)OC)cc2c1=O. The van der Waals surface area contributed by atoms with Gasteiger partial charge in [-0.1, -0.05) is 24.0 Å². The number of hydrogen-bond donors (Lipinski definition) is 2. The van der Waals surface area contributed by atoms with Gasteiger partial charge in [-0.05, 0) is 42.7 Å². The van der Waals surface area contributed by atoms with E-state index in [-0.39, 0.29) is 16.5 Å². The van der Waals surface area contributed by atoms with Crippen LogP contribution in [0.15, 0.2) is 21.7 Å². The number of nitrogens with one attached hydrogen (secondary N) is 2. The highest BCUT2D eigenvalue weighted by molar-refractivity contribution is 8.15. The quantitative estimate of drug-likeness (QED) is 0.723. The molecule has 0 amide bonds. The first kappa shape index (κ1) is 21.2. The molecule has 1 aromatic heterocycles. The molecule has 2 N–H and O–H groups in total. The lowest BCUT2D eigenvalue weighted by Gasteiger charge is -2.21. The molecule has 0 aliphatic heterocycles. The van der Waals surface area contributed by atoms with Crippen LogP contribution in [-0.2, 0) is 10.9 Å². The molecule has 0 fully saturated rings. The molecule has 2 aromatic rings. The summed E-state index contributed by atoms with van der Waals surface area (Å²) in [5.41, 5.74) is -2.74. The number of aromatic nitrogens is 2. The largest absolute Gasteiger partial charge is 0.416 e. The van der Waals surface area contributed by atoms with E-state index in [1.54, 1.807) is 18.5 Å². The minimum Gasteiger partial charge on any atom is -0.377 e. The maximum absolute atomic E-state index is 13.6. The third-order valence-corrected chi connectivity index (χ3v) is 5.32. The van der Waals surface area contributed by atoms with Crippen LogP contribution >= 0.6 is 10.7 Å². The molecule has 0 aliphatic carbocycles. The predicted octanol–water partition coefficient (Wildman–Crippen LogP) is 3.38. The molecule has 2 atom stereocenters. The summed E-state index contributed by atoms with van der Waals surface area (Å²) in [6.07, 6.45) is -2.73. The zero-order chi connectivity index (χ0) is 20.4. The molecule has 1 heterocycles. The van der Waals surface area contributed by atoms with E-state index in [1.165, 1.54) is 13.2 Å². The Bertz CT molecular complexity index is 980. The van der Waals surface area contributed by atoms with Crippen molar-refractivity contribution in [3.8, 4) is 0 Å². The van der Waals surface area contributed by atoms with Gasteiger partial charge in [0.05, 0.1) is 22.6 Å². The molecule has 2 rings (SSSR count).